The van der Waals surface area contributed by atoms with E-state index in [0.29, 0.717) is 0 Å². The second-order valence-electron chi connectivity index (χ2n) is 3.99. The summed E-state index contributed by atoms with van der Waals surface area (Å²) >= 11 is 1.50. The molecule has 2 heterocycles. The van der Waals surface area contributed by atoms with E-state index >= 15 is 0 Å². The average molecular weight is 226 g/mol. The lowest BCUT2D eigenvalue weighted by molar-refractivity contribution is 0.395. The van der Waals surface area contributed by atoms with Gasteiger partial charge in [0.15, 0.2) is 0 Å². The van der Waals surface area contributed by atoms with Crippen LogP contribution in [0.15, 0.2) is 6.33 Å². The first-order chi connectivity index (χ1) is 7.40. The number of nitrogens with one attached hydrogen (secondary N) is 1. The quantitative estimate of drug-likeness (QED) is 0.842. The number of nitrogens with zero attached hydrogens (tertiary/aromatic N) is 3. The minimum Gasteiger partial charge on any atom is -0.347 e. The zero-order valence-electron chi connectivity index (χ0n) is 9.15. The Hall–Kier alpha value is -0.680. The van der Waals surface area contributed by atoms with Crippen molar-refractivity contribution in [3.63, 3.8) is 0 Å². The number of hydrogen-bond acceptors (Lipinski definition) is 5. The number of hydrogen-bond donors (Lipinski definition) is 1. The van der Waals surface area contributed by atoms with Crippen LogP contribution in [-0.4, -0.2) is 35.5 Å². The Morgan fingerprint density at radius 2 is 2.60 bits per heavy atom. The summed E-state index contributed by atoms with van der Waals surface area (Å²) in [6.45, 7) is 6.62. The van der Waals surface area contributed by atoms with Gasteiger partial charge in [0.2, 0.25) is 5.13 Å². The molecule has 1 aromatic heterocycles. The van der Waals surface area contributed by atoms with Crippen molar-refractivity contribution >= 4 is 16.7 Å². The minimum absolute atomic E-state index is 0.766. The van der Waals surface area contributed by atoms with Crippen molar-refractivity contribution < 1.29 is 0 Å². The van der Waals surface area contributed by atoms with E-state index in [2.05, 4.69) is 26.5 Å². The molecule has 0 bridgehead atoms. The number of aromatic nitrogens is 2. The lowest BCUT2D eigenvalue weighted by Crippen LogP contribution is -2.39. The van der Waals surface area contributed by atoms with Crippen LogP contribution in [0.5, 0.6) is 0 Å². The molecule has 1 aliphatic heterocycles. The van der Waals surface area contributed by atoms with Crippen molar-refractivity contribution in [2.45, 2.75) is 19.8 Å². The van der Waals surface area contributed by atoms with Crippen LogP contribution >= 0.6 is 11.5 Å². The molecule has 1 aromatic rings. The van der Waals surface area contributed by atoms with Crippen LogP contribution in [0.25, 0.3) is 0 Å². The lowest BCUT2D eigenvalue weighted by Gasteiger charge is -2.32. The summed E-state index contributed by atoms with van der Waals surface area (Å²) < 4.78 is 4.06. The highest BCUT2D eigenvalue weighted by Gasteiger charge is 2.21. The Kier molecular flexibility index (Phi) is 3.91. The Morgan fingerprint density at radius 3 is 3.33 bits per heavy atom. The minimum atomic E-state index is 0.766. The zero-order valence-corrected chi connectivity index (χ0v) is 9.96. The van der Waals surface area contributed by atoms with Crippen LogP contribution in [-0.2, 0) is 0 Å². The lowest BCUT2D eigenvalue weighted by atomic mass is 9.98. The van der Waals surface area contributed by atoms with Crippen LogP contribution in [0.3, 0.4) is 0 Å². The fourth-order valence-corrected chi connectivity index (χ4v) is 2.62. The molecule has 15 heavy (non-hydrogen) atoms. The molecule has 0 amide bonds. The molecule has 0 radical (unpaired) electrons. The van der Waals surface area contributed by atoms with E-state index in [1.807, 2.05) is 0 Å². The first kappa shape index (κ1) is 10.8. The van der Waals surface area contributed by atoms with E-state index in [1.165, 1.54) is 24.4 Å². The molecular weight excluding hydrogens is 208 g/mol. The summed E-state index contributed by atoms with van der Waals surface area (Å²) in [5.74, 6) is 0.766. The summed E-state index contributed by atoms with van der Waals surface area (Å²) in [6.07, 6.45) is 4.26. The van der Waals surface area contributed by atoms with E-state index in [1.54, 1.807) is 6.33 Å². The third kappa shape index (κ3) is 2.89. The van der Waals surface area contributed by atoms with Gasteiger partial charge >= 0.3 is 0 Å². The highest BCUT2D eigenvalue weighted by molar-refractivity contribution is 7.09. The van der Waals surface area contributed by atoms with Crippen molar-refractivity contribution in [3.8, 4) is 0 Å². The summed E-state index contributed by atoms with van der Waals surface area (Å²) in [6, 6.07) is 0. The molecule has 1 aliphatic rings. The maximum atomic E-state index is 4.27. The first-order valence-corrected chi connectivity index (χ1v) is 6.40. The predicted molar refractivity (Wildman–Crippen MR) is 63.4 cm³/mol. The van der Waals surface area contributed by atoms with Gasteiger partial charge in [-0.05, 0) is 31.8 Å². The monoisotopic (exact) mass is 226 g/mol. The van der Waals surface area contributed by atoms with Gasteiger partial charge in [-0.2, -0.15) is 4.37 Å². The molecule has 5 heteroatoms. The molecule has 1 atom stereocenters. The van der Waals surface area contributed by atoms with Crippen LogP contribution < -0.4 is 10.2 Å². The van der Waals surface area contributed by atoms with Crippen molar-refractivity contribution in [2.24, 2.45) is 5.92 Å². The van der Waals surface area contributed by atoms with E-state index in [4.69, 9.17) is 0 Å². The molecule has 84 valence electrons. The normalized spacial score (nSPS) is 21.9. The largest absolute Gasteiger partial charge is 0.347 e. The predicted octanol–water partition coefficient (Wildman–Crippen LogP) is 1.36. The van der Waals surface area contributed by atoms with Crippen LogP contribution in [0.4, 0.5) is 5.13 Å². The SMILES string of the molecule is CCNCC1CCCN(c2ncns2)C1. The molecule has 1 N–H and O–H groups in total. The third-order valence-electron chi connectivity index (χ3n) is 2.82. The molecule has 2 rings (SSSR count). The van der Waals surface area contributed by atoms with Crippen molar-refractivity contribution in [1.82, 2.24) is 14.7 Å². The molecule has 1 fully saturated rings. The Balaban J connectivity index is 1.87. The van der Waals surface area contributed by atoms with Gasteiger partial charge in [-0.3, -0.25) is 0 Å². The highest BCUT2D eigenvalue weighted by atomic mass is 32.1. The molecule has 0 spiro atoms. The van der Waals surface area contributed by atoms with Gasteiger partial charge in [0, 0.05) is 24.6 Å². The maximum absolute atomic E-state index is 4.27. The zero-order chi connectivity index (χ0) is 10.5. The average Bonchev–Trinajstić information content (AvgIpc) is 2.80. The number of piperidine rings is 1. The van der Waals surface area contributed by atoms with Crippen LogP contribution in [0.1, 0.15) is 19.8 Å². The second-order valence-corrected chi connectivity index (χ2v) is 4.74. The fourth-order valence-electron chi connectivity index (χ4n) is 2.06. The second kappa shape index (κ2) is 5.42. The summed E-state index contributed by atoms with van der Waals surface area (Å²) in [7, 11) is 0. The van der Waals surface area contributed by atoms with Crippen LogP contribution in [0, 0.1) is 5.92 Å². The number of rotatable bonds is 4. The summed E-state index contributed by atoms with van der Waals surface area (Å²) in [4.78, 5) is 6.63. The summed E-state index contributed by atoms with van der Waals surface area (Å²) in [5.41, 5.74) is 0. The fraction of sp³-hybridized carbons (Fsp3) is 0.800. The van der Waals surface area contributed by atoms with E-state index in [-0.39, 0.29) is 0 Å². The van der Waals surface area contributed by atoms with Crippen LogP contribution in [0.2, 0.25) is 0 Å². The van der Waals surface area contributed by atoms with Gasteiger partial charge < -0.3 is 10.2 Å². The third-order valence-corrected chi connectivity index (χ3v) is 3.55. The molecule has 1 saturated heterocycles. The summed E-state index contributed by atoms with van der Waals surface area (Å²) in [5, 5.41) is 4.50. The highest BCUT2D eigenvalue weighted by Crippen LogP contribution is 2.23. The van der Waals surface area contributed by atoms with Gasteiger partial charge in [-0.15, -0.1) is 0 Å². The standard InChI is InChI=1S/C10H18N4S/c1-2-11-6-9-4-3-5-14(7-9)10-12-8-13-15-10/h8-9,11H,2-7H2,1H3. The number of anilines is 1. The maximum Gasteiger partial charge on any atom is 0.204 e. The van der Waals surface area contributed by atoms with E-state index in [0.717, 1.165) is 37.2 Å². The van der Waals surface area contributed by atoms with E-state index in [9.17, 15) is 0 Å². The molecule has 0 saturated carbocycles. The topological polar surface area (TPSA) is 41.0 Å². The molecule has 1 unspecified atom stereocenters. The molecule has 0 aliphatic carbocycles. The molecule has 0 aromatic carbocycles. The van der Waals surface area contributed by atoms with Crippen molar-refractivity contribution in [2.75, 3.05) is 31.1 Å². The first-order valence-electron chi connectivity index (χ1n) is 5.62. The molecular formula is C10H18N4S. The Labute approximate surface area is 94.9 Å². The van der Waals surface area contributed by atoms with Gasteiger partial charge in [0.05, 0.1) is 0 Å². The van der Waals surface area contributed by atoms with Gasteiger partial charge in [-0.25, -0.2) is 4.98 Å². The van der Waals surface area contributed by atoms with Gasteiger partial charge in [-0.1, -0.05) is 6.92 Å². The van der Waals surface area contributed by atoms with Crippen molar-refractivity contribution in [1.29, 1.82) is 0 Å². The van der Waals surface area contributed by atoms with Gasteiger partial charge in [0.1, 0.15) is 6.33 Å². The van der Waals surface area contributed by atoms with Crippen molar-refractivity contribution in [3.05, 3.63) is 6.33 Å². The van der Waals surface area contributed by atoms with E-state index < -0.39 is 0 Å². The molecule has 4 nitrogen and oxygen atoms in total. The Bertz CT molecular complexity index is 275. The smallest absolute Gasteiger partial charge is 0.204 e. The Morgan fingerprint density at radius 1 is 1.67 bits per heavy atom. The van der Waals surface area contributed by atoms with Gasteiger partial charge in [0.25, 0.3) is 0 Å².